The summed E-state index contributed by atoms with van der Waals surface area (Å²) in [5.74, 6) is -0.386. The number of nitrogens with one attached hydrogen (secondary N) is 2. The van der Waals surface area contributed by atoms with Crippen molar-refractivity contribution in [3.8, 4) is 0 Å². The molecule has 0 aromatic heterocycles. The minimum atomic E-state index is -0.806. The van der Waals surface area contributed by atoms with E-state index in [0.717, 1.165) is 19.5 Å². The quantitative estimate of drug-likeness (QED) is 0.552. The zero-order valence-electron chi connectivity index (χ0n) is 8.95. The number of likely N-dealkylation sites (tertiary alicyclic amines) is 1. The van der Waals surface area contributed by atoms with Crippen molar-refractivity contribution in [1.29, 1.82) is 0 Å². The summed E-state index contributed by atoms with van der Waals surface area (Å²) in [5, 5.41) is 5.00. The van der Waals surface area contributed by atoms with E-state index in [1.807, 2.05) is 5.32 Å². The molecule has 0 aliphatic carbocycles. The van der Waals surface area contributed by atoms with Crippen LogP contribution in [0, 0.1) is 0 Å². The van der Waals surface area contributed by atoms with Gasteiger partial charge in [0, 0.05) is 12.6 Å². The fourth-order valence-corrected chi connectivity index (χ4v) is 1.77. The Bertz CT molecular complexity index is 244. The van der Waals surface area contributed by atoms with Gasteiger partial charge in [0.05, 0.1) is 6.54 Å². The summed E-state index contributed by atoms with van der Waals surface area (Å²) in [6, 6.07) is -0.314. The third-order valence-corrected chi connectivity index (χ3v) is 2.60. The second kappa shape index (κ2) is 5.67. The van der Waals surface area contributed by atoms with Gasteiger partial charge in [0.1, 0.15) is 0 Å². The highest BCUT2D eigenvalue weighted by Crippen LogP contribution is 2.13. The Morgan fingerprint density at radius 3 is 2.80 bits per heavy atom. The Kier molecular flexibility index (Phi) is 4.51. The van der Waals surface area contributed by atoms with Crippen LogP contribution in [0.15, 0.2) is 0 Å². The van der Waals surface area contributed by atoms with Crippen LogP contribution < -0.4 is 16.4 Å². The van der Waals surface area contributed by atoms with Crippen LogP contribution >= 0.6 is 0 Å². The van der Waals surface area contributed by atoms with E-state index in [1.54, 1.807) is 0 Å². The summed E-state index contributed by atoms with van der Waals surface area (Å²) >= 11 is 0. The first-order valence-corrected chi connectivity index (χ1v) is 5.10. The number of imide groups is 1. The number of nitrogens with two attached hydrogens (primary N) is 1. The second-order valence-electron chi connectivity index (χ2n) is 3.82. The van der Waals surface area contributed by atoms with E-state index in [1.165, 1.54) is 6.42 Å². The number of rotatable bonds is 4. The molecule has 0 aromatic rings. The summed E-state index contributed by atoms with van der Waals surface area (Å²) in [6.45, 7) is 2.01. The highest BCUT2D eigenvalue weighted by molar-refractivity contribution is 5.94. The van der Waals surface area contributed by atoms with Crippen LogP contribution in [0.25, 0.3) is 0 Å². The largest absolute Gasteiger partial charge is 0.351 e. The van der Waals surface area contributed by atoms with Crippen LogP contribution in [-0.2, 0) is 4.79 Å². The first-order chi connectivity index (χ1) is 7.09. The molecule has 3 amide bonds. The van der Waals surface area contributed by atoms with Crippen LogP contribution in [0.1, 0.15) is 12.8 Å². The van der Waals surface area contributed by atoms with Crippen molar-refractivity contribution >= 4 is 11.9 Å². The van der Waals surface area contributed by atoms with Gasteiger partial charge >= 0.3 is 6.03 Å². The van der Waals surface area contributed by atoms with Gasteiger partial charge in [0.25, 0.3) is 0 Å². The van der Waals surface area contributed by atoms with Crippen LogP contribution in [-0.4, -0.2) is 49.6 Å². The number of nitrogens with zero attached hydrogens (tertiary/aromatic N) is 1. The lowest BCUT2D eigenvalue weighted by Gasteiger charge is -2.19. The molecular weight excluding hydrogens is 196 g/mol. The van der Waals surface area contributed by atoms with Crippen molar-refractivity contribution < 1.29 is 9.59 Å². The molecule has 1 fully saturated rings. The maximum atomic E-state index is 11.0. The first kappa shape index (κ1) is 11.9. The van der Waals surface area contributed by atoms with E-state index in [-0.39, 0.29) is 12.5 Å². The van der Waals surface area contributed by atoms with Crippen molar-refractivity contribution in [3.05, 3.63) is 0 Å². The highest BCUT2D eigenvalue weighted by atomic mass is 16.2. The average molecular weight is 214 g/mol. The number of primary amides is 1. The van der Waals surface area contributed by atoms with Gasteiger partial charge in [-0.15, -0.1) is 0 Å². The molecule has 1 aliphatic heterocycles. The molecule has 1 atom stereocenters. The Hall–Kier alpha value is -1.14. The number of carbonyl (C=O) groups is 2. The molecule has 0 saturated carbocycles. The molecule has 4 N–H and O–H groups in total. The van der Waals surface area contributed by atoms with Crippen molar-refractivity contribution in [1.82, 2.24) is 15.5 Å². The molecule has 1 unspecified atom stereocenters. The summed E-state index contributed by atoms with van der Waals surface area (Å²) < 4.78 is 0. The number of hydrogen-bond acceptors (Lipinski definition) is 4. The zero-order chi connectivity index (χ0) is 11.3. The van der Waals surface area contributed by atoms with E-state index in [2.05, 4.69) is 17.3 Å². The van der Waals surface area contributed by atoms with Gasteiger partial charge in [-0.2, -0.15) is 0 Å². The number of urea groups is 1. The van der Waals surface area contributed by atoms with Gasteiger partial charge in [0.2, 0.25) is 5.91 Å². The number of carbonyl (C=O) groups excluding carboxylic acids is 2. The van der Waals surface area contributed by atoms with Gasteiger partial charge in [-0.25, -0.2) is 4.79 Å². The molecular formula is C9H18N4O2. The van der Waals surface area contributed by atoms with E-state index < -0.39 is 6.03 Å². The zero-order valence-corrected chi connectivity index (χ0v) is 8.95. The SMILES string of the molecule is CN1CCCC1CNCC(=O)NC(N)=O. The monoisotopic (exact) mass is 214 g/mol. The molecule has 0 spiro atoms. The maximum Gasteiger partial charge on any atom is 0.318 e. The molecule has 0 radical (unpaired) electrons. The standard InChI is InChI=1S/C9H18N4O2/c1-13-4-2-3-7(13)5-11-6-8(14)12-9(10)15/h7,11H,2-6H2,1H3,(H3,10,12,14,15). The molecule has 6 nitrogen and oxygen atoms in total. The minimum Gasteiger partial charge on any atom is -0.351 e. The van der Waals surface area contributed by atoms with Gasteiger partial charge in [-0.3, -0.25) is 10.1 Å². The number of likely N-dealkylation sites (N-methyl/N-ethyl adjacent to an activating group) is 1. The maximum absolute atomic E-state index is 11.0. The van der Waals surface area contributed by atoms with Crippen molar-refractivity contribution in [2.45, 2.75) is 18.9 Å². The molecule has 0 bridgehead atoms. The summed E-state index contributed by atoms with van der Waals surface area (Å²) in [6.07, 6.45) is 2.36. The van der Waals surface area contributed by atoms with E-state index >= 15 is 0 Å². The van der Waals surface area contributed by atoms with Crippen molar-refractivity contribution in [3.63, 3.8) is 0 Å². The fourth-order valence-electron chi connectivity index (χ4n) is 1.77. The number of amides is 3. The summed E-state index contributed by atoms with van der Waals surface area (Å²) in [4.78, 5) is 23.6. The van der Waals surface area contributed by atoms with Crippen LogP contribution in [0.2, 0.25) is 0 Å². The third kappa shape index (κ3) is 4.26. The summed E-state index contributed by atoms with van der Waals surface area (Å²) in [7, 11) is 2.07. The molecule has 0 aromatic carbocycles. The van der Waals surface area contributed by atoms with Crippen LogP contribution in [0.4, 0.5) is 4.79 Å². The molecule has 15 heavy (non-hydrogen) atoms. The molecule has 1 rings (SSSR count). The molecule has 1 saturated heterocycles. The van der Waals surface area contributed by atoms with Gasteiger partial charge in [-0.05, 0) is 26.4 Å². The molecule has 86 valence electrons. The predicted octanol–water partition coefficient (Wildman–Crippen LogP) is -1.13. The minimum absolute atomic E-state index is 0.132. The Labute approximate surface area is 89.2 Å². The Balaban J connectivity index is 2.10. The smallest absolute Gasteiger partial charge is 0.318 e. The van der Waals surface area contributed by atoms with Gasteiger partial charge < -0.3 is 16.0 Å². The summed E-state index contributed by atoms with van der Waals surface area (Å²) in [5.41, 5.74) is 4.80. The molecule has 1 heterocycles. The van der Waals surface area contributed by atoms with Gasteiger partial charge in [-0.1, -0.05) is 0 Å². The second-order valence-corrected chi connectivity index (χ2v) is 3.82. The van der Waals surface area contributed by atoms with Crippen LogP contribution in [0.3, 0.4) is 0 Å². The number of hydrogen-bond donors (Lipinski definition) is 3. The first-order valence-electron chi connectivity index (χ1n) is 5.10. The lowest BCUT2D eigenvalue weighted by atomic mass is 10.2. The average Bonchev–Trinajstić information content (AvgIpc) is 2.50. The van der Waals surface area contributed by atoms with Crippen LogP contribution in [0.5, 0.6) is 0 Å². The lowest BCUT2D eigenvalue weighted by molar-refractivity contribution is -0.119. The normalized spacial score (nSPS) is 21.5. The van der Waals surface area contributed by atoms with Crippen molar-refractivity contribution in [2.24, 2.45) is 5.73 Å². The lowest BCUT2D eigenvalue weighted by Crippen LogP contribution is -2.43. The fraction of sp³-hybridized carbons (Fsp3) is 0.778. The van der Waals surface area contributed by atoms with Crippen molar-refractivity contribution in [2.75, 3.05) is 26.7 Å². The highest BCUT2D eigenvalue weighted by Gasteiger charge is 2.20. The topological polar surface area (TPSA) is 87.5 Å². The van der Waals surface area contributed by atoms with E-state index in [9.17, 15) is 9.59 Å². The van der Waals surface area contributed by atoms with E-state index in [4.69, 9.17) is 5.73 Å². The third-order valence-electron chi connectivity index (χ3n) is 2.60. The van der Waals surface area contributed by atoms with E-state index in [0.29, 0.717) is 6.04 Å². The molecule has 1 aliphatic rings. The molecule has 6 heteroatoms. The Morgan fingerprint density at radius 2 is 2.27 bits per heavy atom. The Morgan fingerprint density at radius 1 is 1.53 bits per heavy atom. The van der Waals surface area contributed by atoms with Gasteiger partial charge in [0.15, 0.2) is 0 Å². The predicted molar refractivity (Wildman–Crippen MR) is 56.2 cm³/mol.